The molecule has 0 aliphatic heterocycles. The van der Waals surface area contributed by atoms with E-state index in [0.717, 1.165) is 23.5 Å². The minimum Gasteiger partial charge on any atom is -0.271 e. The average Bonchev–Trinajstić information content (AvgIpc) is 2.94. The second-order valence-corrected chi connectivity index (χ2v) is 6.57. The van der Waals surface area contributed by atoms with Gasteiger partial charge in [0.25, 0.3) is 0 Å². The molecule has 0 saturated heterocycles. The number of hydrazine groups is 1. The van der Waals surface area contributed by atoms with Crippen molar-refractivity contribution in [2.45, 2.75) is 39.7 Å². The van der Waals surface area contributed by atoms with Crippen LogP contribution in [0.4, 0.5) is 0 Å². The van der Waals surface area contributed by atoms with Crippen LogP contribution in [0.25, 0.3) is 0 Å². The van der Waals surface area contributed by atoms with Crippen molar-refractivity contribution >= 4 is 22.7 Å². The zero-order valence-corrected chi connectivity index (χ0v) is 12.6. The molecule has 98 valence electrons. The molecule has 5 heteroatoms. The molecule has 0 aromatic carbocycles. The van der Waals surface area contributed by atoms with E-state index < -0.39 is 0 Å². The van der Waals surface area contributed by atoms with E-state index in [1.165, 1.54) is 15.3 Å². The number of nitrogens with one attached hydrogen (secondary N) is 1. The van der Waals surface area contributed by atoms with Crippen molar-refractivity contribution < 1.29 is 0 Å². The highest BCUT2D eigenvalue weighted by Crippen LogP contribution is 2.29. The van der Waals surface area contributed by atoms with Crippen LogP contribution in [0.15, 0.2) is 11.4 Å². The fourth-order valence-electron chi connectivity index (χ4n) is 1.97. The van der Waals surface area contributed by atoms with E-state index in [2.05, 4.69) is 42.6 Å². The number of thiazole rings is 1. The lowest BCUT2D eigenvalue weighted by Gasteiger charge is -2.14. The zero-order chi connectivity index (χ0) is 13.1. The van der Waals surface area contributed by atoms with E-state index in [1.54, 1.807) is 22.7 Å². The Morgan fingerprint density at radius 3 is 2.78 bits per heavy atom. The zero-order valence-electron chi connectivity index (χ0n) is 11.0. The van der Waals surface area contributed by atoms with Gasteiger partial charge in [-0.3, -0.25) is 11.3 Å². The largest absolute Gasteiger partial charge is 0.271 e. The highest BCUT2D eigenvalue weighted by molar-refractivity contribution is 7.11. The molecule has 3 N–H and O–H groups in total. The SMILES string of the molecule is CCc1ccsc1C(Cc1nc(C)c(C)s1)NN. The molecular weight excluding hydrogens is 262 g/mol. The van der Waals surface area contributed by atoms with E-state index in [4.69, 9.17) is 5.84 Å². The van der Waals surface area contributed by atoms with Crippen molar-refractivity contribution in [2.24, 2.45) is 5.84 Å². The van der Waals surface area contributed by atoms with E-state index in [1.807, 2.05) is 0 Å². The first-order valence-electron chi connectivity index (χ1n) is 6.11. The van der Waals surface area contributed by atoms with Gasteiger partial charge < -0.3 is 0 Å². The number of rotatable bonds is 5. The van der Waals surface area contributed by atoms with Crippen molar-refractivity contribution in [1.82, 2.24) is 10.4 Å². The Hall–Kier alpha value is -0.750. The second kappa shape index (κ2) is 5.93. The van der Waals surface area contributed by atoms with Gasteiger partial charge in [0.1, 0.15) is 0 Å². The third-order valence-electron chi connectivity index (χ3n) is 3.13. The quantitative estimate of drug-likeness (QED) is 0.654. The highest BCUT2D eigenvalue weighted by atomic mass is 32.1. The molecule has 0 aliphatic rings. The molecule has 18 heavy (non-hydrogen) atoms. The molecule has 2 aromatic heterocycles. The minimum atomic E-state index is 0.171. The van der Waals surface area contributed by atoms with Gasteiger partial charge in [-0.05, 0) is 37.3 Å². The fraction of sp³-hybridized carbons (Fsp3) is 0.462. The lowest BCUT2D eigenvalue weighted by molar-refractivity contribution is 0.555. The predicted molar refractivity (Wildman–Crippen MR) is 79.1 cm³/mol. The lowest BCUT2D eigenvalue weighted by Crippen LogP contribution is -2.29. The number of nitrogens with zero attached hydrogens (tertiary/aromatic N) is 1. The summed E-state index contributed by atoms with van der Waals surface area (Å²) in [6, 6.07) is 2.35. The standard InChI is InChI=1S/C13H19N3S2/c1-4-10-5-6-17-13(10)11(16-14)7-12-15-8(2)9(3)18-12/h5-6,11,16H,4,7,14H2,1-3H3. The molecule has 2 rings (SSSR count). The Balaban J connectivity index is 2.19. The summed E-state index contributed by atoms with van der Waals surface area (Å²) in [4.78, 5) is 7.22. The lowest BCUT2D eigenvalue weighted by atomic mass is 10.1. The Morgan fingerprint density at radius 1 is 1.44 bits per heavy atom. The smallest absolute Gasteiger partial charge is 0.0950 e. The number of hydrogen-bond donors (Lipinski definition) is 2. The number of thiophene rings is 1. The Kier molecular flexibility index (Phi) is 4.50. The predicted octanol–water partition coefficient (Wildman–Crippen LogP) is 3.13. The summed E-state index contributed by atoms with van der Waals surface area (Å²) >= 11 is 3.54. The number of aromatic nitrogens is 1. The fourth-order valence-corrected chi connectivity index (χ4v) is 4.01. The van der Waals surface area contributed by atoms with Crippen LogP contribution in [-0.4, -0.2) is 4.98 Å². The average molecular weight is 281 g/mol. The summed E-state index contributed by atoms with van der Waals surface area (Å²) in [6.07, 6.45) is 1.91. The summed E-state index contributed by atoms with van der Waals surface area (Å²) in [6.45, 7) is 6.35. The number of aryl methyl sites for hydroxylation is 3. The van der Waals surface area contributed by atoms with Crippen LogP contribution >= 0.6 is 22.7 Å². The summed E-state index contributed by atoms with van der Waals surface area (Å²) in [5.41, 5.74) is 5.45. The molecule has 3 nitrogen and oxygen atoms in total. The molecule has 0 amide bonds. The second-order valence-electron chi connectivity index (χ2n) is 4.34. The summed E-state index contributed by atoms with van der Waals surface area (Å²) in [5, 5.41) is 3.29. The molecule has 0 bridgehead atoms. The van der Waals surface area contributed by atoms with Crippen LogP contribution < -0.4 is 11.3 Å². The van der Waals surface area contributed by atoms with Crippen LogP contribution in [0.3, 0.4) is 0 Å². The number of nitrogens with two attached hydrogens (primary N) is 1. The van der Waals surface area contributed by atoms with E-state index in [-0.39, 0.29) is 6.04 Å². The summed E-state index contributed by atoms with van der Waals surface area (Å²) in [5.74, 6) is 5.71. The van der Waals surface area contributed by atoms with Gasteiger partial charge in [-0.25, -0.2) is 4.98 Å². The van der Waals surface area contributed by atoms with Crippen LogP contribution in [-0.2, 0) is 12.8 Å². The molecule has 0 aliphatic carbocycles. The van der Waals surface area contributed by atoms with E-state index >= 15 is 0 Å². The van der Waals surface area contributed by atoms with Gasteiger partial charge in [0.2, 0.25) is 0 Å². The van der Waals surface area contributed by atoms with Gasteiger partial charge in [0.15, 0.2) is 0 Å². The van der Waals surface area contributed by atoms with Gasteiger partial charge in [-0.15, -0.1) is 22.7 Å². The topological polar surface area (TPSA) is 50.9 Å². The maximum atomic E-state index is 5.71. The third kappa shape index (κ3) is 2.80. The molecule has 2 heterocycles. The monoisotopic (exact) mass is 281 g/mol. The van der Waals surface area contributed by atoms with Gasteiger partial charge in [-0.2, -0.15) is 0 Å². The van der Waals surface area contributed by atoms with Crippen molar-refractivity contribution in [3.05, 3.63) is 37.5 Å². The Labute approximate surface area is 116 Å². The molecule has 1 unspecified atom stereocenters. The van der Waals surface area contributed by atoms with Gasteiger partial charge in [0.05, 0.1) is 16.7 Å². The van der Waals surface area contributed by atoms with Crippen molar-refractivity contribution in [3.8, 4) is 0 Å². The van der Waals surface area contributed by atoms with Gasteiger partial charge in [-0.1, -0.05) is 6.92 Å². The van der Waals surface area contributed by atoms with Gasteiger partial charge >= 0.3 is 0 Å². The van der Waals surface area contributed by atoms with Crippen LogP contribution in [0.2, 0.25) is 0 Å². The van der Waals surface area contributed by atoms with Crippen LogP contribution in [0, 0.1) is 13.8 Å². The molecule has 0 spiro atoms. The highest BCUT2D eigenvalue weighted by Gasteiger charge is 2.17. The first kappa shape index (κ1) is 13.7. The van der Waals surface area contributed by atoms with E-state index in [9.17, 15) is 0 Å². The molecule has 2 aromatic rings. The molecular formula is C13H19N3S2. The van der Waals surface area contributed by atoms with Crippen molar-refractivity contribution in [2.75, 3.05) is 0 Å². The maximum Gasteiger partial charge on any atom is 0.0950 e. The van der Waals surface area contributed by atoms with Crippen molar-refractivity contribution in [1.29, 1.82) is 0 Å². The van der Waals surface area contributed by atoms with Crippen molar-refractivity contribution in [3.63, 3.8) is 0 Å². The van der Waals surface area contributed by atoms with Gasteiger partial charge in [0, 0.05) is 16.2 Å². The molecule has 0 saturated carbocycles. The minimum absolute atomic E-state index is 0.171. The Morgan fingerprint density at radius 2 is 2.22 bits per heavy atom. The first-order valence-corrected chi connectivity index (χ1v) is 7.80. The third-order valence-corrected chi connectivity index (χ3v) is 5.30. The number of hydrogen-bond acceptors (Lipinski definition) is 5. The van der Waals surface area contributed by atoms with E-state index in [0.29, 0.717) is 0 Å². The normalized spacial score (nSPS) is 12.9. The molecule has 0 fully saturated rings. The maximum absolute atomic E-state index is 5.71. The molecule has 0 radical (unpaired) electrons. The summed E-state index contributed by atoms with van der Waals surface area (Å²) < 4.78 is 0. The van der Waals surface area contributed by atoms with Crippen LogP contribution in [0.1, 0.15) is 39.0 Å². The van der Waals surface area contributed by atoms with Crippen LogP contribution in [0.5, 0.6) is 0 Å². The summed E-state index contributed by atoms with van der Waals surface area (Å²) in [7, 11) is 0. The molecule has 1 atom stereocenters. The Bertz CT molecular complexity index is 497. The first-order chi connectivity index (χ1) is 8.65.